The first-order chi connectivity index (χ1) is 10.9. The summed E-state index contributed by atoms with van der Waals surface area (Å²) in [6, 6.07) is 4.83. The average Bonchev–Trinajstić information content (AvgIpc) is 2.85. The highest BCUT2D eigenvalue weighted by Crippen LogP contribution is 2.33. The molecule has 23 heavy (non-hydrogen) atoms. The third-order valence-electron chi connectivity index (χ3n) is 3.61. The van der Waals surface area contributed by atoms with Crippen LogP contribution in [0.4, 0.5) is 4.39 Å². The molecule has 0 radical (unpaired) electrons. The summed E-state index contributed by atoms with van der Waals surface area (Å²) < 4.78 is 20.0. The zero-order valence-corrected chi connectivity index (χ0v) is 14.4. The van der Waals surface area contributed by atoms with E-state index in [0.717, 1.165) is 4.70 Å². The predicted octanol–water partition coefficient (Wildman–Crippen LogP) is 3.32. The minimum Gasteiger partial charge on any atom is -0.393 e. The number of thiophene rings is 1. The molecule has 4 nitrogen and oxygen atoms in total. The van der Waals surface area contributed by atoms with Crippen molar-refractivity contribution in [2.75, 3.05) is 13.7 Å². The molecule has 2 aromatic rings. The predicted molar refractivity (Wildman–Crippen MR) is 90.3 cm³/mol. The van der Waals surface area contributed by atoms with Crippen LogP contribution >= 0.6 is 11.3 Å². The van der Waals surface area contributed by atoms with Gasteiger partial charge in [-0.3, -0.25) is 4.79 Å². The second-order valence-corrected chi connectivity index (χ2v) is 6.91. The summed E-state index contributed by atoms with van der Waals surface area (Å²) in [7, 11) is 1.52. The van der Waals surface area contributed by atoms with Crippen molar-refractivity contribution in [3.05, 3.63) is 34.5 Å². The standard InChI is InChI=1S/C17H22FNO3S/c1-10(7-11(2)20)8-19-17(21)16-12(9-22-3)15-13(18)5-4-6-14(15)23-16/h4-6,10-11,20H,7-9H2,1-3H3,(H,19,21)/t10-,11-/m0/s1. The SMILES string of the molecule is COCc1c(C(=O)NC[C@@H](C)C[C@H](C)O)sc2cccc(F)c12. The summed E-state index contributed by atoms with van der Waals surface area (Å²) in [5.74, 6) is -0.404. The van der Waals surface area contributed by atoms with Crippen molar-refractivity contribution in [1.29, 1.82) is 0 Å². The number of carbonyl (C=O) groups is 1. The number of halogens is 1. The molecule has 2 atom stereocenters. The maximum Gasteiger partial charge on any atom is 0.261 e. The number of carbonyl (C=O) groups excluding carboxylic acids is 1. The lowest BCUT2D eigenvalue weighted by molar-refractivity contribution is 0.0939. The van der Waals surface area contributed by atoms with E-state index in [1.165, 1.54) is 24.5 Å². The molecule has 1 aromatic heterocycles. The fraction of sp³-hybridized carbons (Fsp3) is 0.471. The number of aliphatic hydroxyl groups excluding tert-OH is 1. The van der Waals surface area contributed by atoms with E-state index in [1.54, 1.807) is 19.1 Å². The maximum absolute atomic E-state index is 14.1. The van der Waals surface area contributed by atoms with Gasteiger partial charge in [-0.05, 0) is 31.4 Å². The zero-order chi connectivity index (χ0) is 17.0. The lowest BCUT2D eigenvalue weighted by Gasteiger charge is -2.14. The highest BCUT2D eigenvalue weighted by molar-refractivity contribution is 7.21. The van der Waals surface area contributed by atoms with Crippen LogP contribution in [0, 0.1) is 11.7 Å². The van der Waals surface area contributed by atoms with Crippen LogP contribution in [0.1, 0.15) is 35.5 Å². The molecular weight excluding hydrogens is 317 g/mol. The number of nitrogens with one attached hydrogen (secondary N) is 1. The van der Waals surface area contributed by atoms with Gasteiger partial charge in [0.25, 0.3) is 5.91 Å². The molecule has 6 heteroatoms. The van der Waals surface area contributed by atoms with E-state index in [-0.39, 0.29) is 24.2 Å². The summed E-state index contributed by atoms with van der Waals surface area (Å²) in [5, 5.41) is 12.7. The Morgan fingerprint density at radius 1 is 1.43 bits per heavy atom. The zero-order valence-electron chi connectivity index (χ0n) is 13.6. The van der Waals surface area contributed by atoms with E-state index < -0.39 is 6.10 Å². The largest absolute Gasteiger partial charge is 0.393 e. The van der Waals surface area contributed by atoms with Crippen LogP contribution in [0.3, 0.4) is 0 Å². The van der Waals surface area contributed by atoms with Crippen molar-refractivity contribution in [3.8, 4) is 0 Å². The number of hydrogen-bond donors (Lipinski definition) is 2. The van der Waals surface area contributed by atoms with Gasteiger partial charge in [0.1, 0.15) is 5.82 Å². The number of methoxy groups -OCH3 is 1. The molecule has 0 aliphatic rings. The van der Waals surface area contributed by atoms with Crippen molar-refractivity contribution >= 4 is 27.3 Å². The van der Waals surface area contributed by atoms with E-state index >= 15 is 0 Å². The Morgan fingerprint density at radius 3 is 2.83 bits per heavy atom. The number of aliphatic hydroxyl groups is 1. The fourth-order valence-corrected chi connectivity index (χ4v) is 3.78. The maximum atomic E-state index is 14.1. The minimum atomic E-state index is -0.399. The molecule has 2 N–H and O–H groups in total. The minimum absolute atomic E-state index is 0.163. The highest BCUT2D eigenvalue weighted by Gasteiger charge is 2.21. The molecule has 0 saturated heterocycles. The third kappa shape index (κ3) is 4.28. The van der Waals surface area contributed by atoms with Crippen LogP contribution in [0.5, 0.6) is 0 Å². The Hall–Kier alpha value is -1.50. The van der Waals surface area contributed by atoms with Gasteiger partial charge < -0.3 is 15.2 Å². The van der Waals surface area contributed by atoms with Gasteiger partial charge in [-0.25, -0.2) is 4.39 Å². The molecule has 0 aliphatic carbocycles. The van der Waals surface area contributed by atoms with E-state index in [1.807, 2.05) is 6.92 Å². The molecule has 1 heterocycles. The number of rotatable bonds is 7. The second-order valence-electron chi connectivity index (χ2n) is 5.86. The first-order valence-corrected chi connectivity index (χ1v) is 8.40. The molecule has 0 spiro atoms. The van der Waals surface area contributed by atoms with Gasteiger partial charge in [0.15, 0.2) is 0 Å². The number of hydrogen-bond acceptors (Lipinski definition) is 4. The Morgan fingerprint density at radius 2 is 2.17 bits per heavy atom. The Balaban J connectivity index is 2.23. The Kier molecular flexibility index (Phi) is 6.10. The van der Waals surface area contributed by atoms with Crippen LogP contribution < -0.4 is 5.32 Å². The Labute approximate surface area is 139 Å². The van der Waals surface area contributed by atoms with Crippen LogP contribution in [-0.4, -0.2) is 30.8 Å². The molecule has 126 valence electrons. The van der Waals surface area contributed by atoms with E-state index in [9.17, 15) is 14.3 Å². The van der Waals surface area contributed by atoms with Crippen molar-refractivity contribution < 1.29 is 19.0 Å². The van der Waals surface area contributed by atoms with Crippen molar-refractivity contribution in [3.63, 3.8) is 0 Å². The molecule has 0 saturated carbocycles. The van der Waals surface area contributed by atoms with Gasteiger partial charge in [-0.1, -0.05) is 13.0 Å². The van der Waals surface area contributed by atoms with Gasteiger partial charge in [0.2, 0.25) is 0 Å². The van der Waals surface area contributed by atoms with Gasteiger partial charge in [-0.15, -0.1) is 11.3 Å². The smallest absolute Gasteiger partial charge is 0.261 e. The first-order valence-electron chi connectivity index (χ1n) is 7.59. The van der Waals surface area contributed by atoms with Gasteiger partial charge >= 0.3 is 0 Å². The van der Waals surface area contributed by atoms with Crippen molar-refractivity contribution in [2.45, 2.75) is 33.0 Å². The van der Waals surface area contributed by atoms with E-state index in [2.05, 4.69) is 5.32 Å². The van der Waals surface area contributed by atoms with Crippen LogP contribution in [0.15, 0.2) is 18.2 Å². The monoisotopic (exact) mass is 339 g/mol. The molecule has 0 unspecified atom stereocenters. The van der Waals surface area contributed by atoms with Gasteiger partial charge in [-0.2, -0.15) is 0 Å². The number of amides is 1. The van der Waals surface area contributed by atoms with E-state index in [0.29, 0.717) is 28.8 Å². The summed E-state index contributed by atoms with van der Waals surface area (Å²) in [6.45, 7) is 4.34. The lowest BCUT2D eigenvalue weighted by atomic mass is 10.0. The molecule has 2 rings (SSSR count). The summed E-state index contributed by atoms with van der Waals surface area (Å²) >= 11 is 1.27. The number of ether oxygens (including phenoxy) is 1. The summed E-state index contributed by atoms with van der Waals surface area (Å²) in [4.78, 5) is 13.0. The molecular formula is C17H22FNO3S. The number of fused-ring (bicyclic) bond motifs is 1. The normalized spacial score (nSPS) is 14.0. The van der Waals surface area contributed by atoms with Gasteiger partial charge in [0.05, 0.1) is 17.6 Å². The first kappa shape index (κ1) is 17.8. The molecule has 1 amide bonds. The quantitative estimate of drug-likeness (QED) is 0.813. The fourth-order valence-electron chi connectivity index (χ4n) is 2.65. The molecule has 0 fully saturated rings. The van der Waals surface area contributed by atoms with Crippen molar-refractivity contribution in [1.82, 2.24) is 5.32 Å². The van der Waals surface area contributed by atoms with Crippen LogP contribution in [0.25, 0.3) is 10.1 Å². The number of benzene rings is 1. The lowest BCUT2D eigenvalue weighted by Crippen LogP contribution is -2.29. The van der Waals surface area contributed by atoms with Crippen LogP contribution in [-0.2, 0) is 11.3 Å². The second kappa shape index (κ2) is 7.86. The summed E-state index contributed by atoms with van der Waals surface area (Å²) in [5.41, 5.74) is 0.589. The molecule has 0 bridgehead atoms. The van der Waals surface area contributed by atoms with E-state index in [4.69, 9.17) is 4.74 Å². The average molecular weight is 339 g/mol. The molecule has 1 aromatic carbocycles. The van der Waals surface area contributed by atoms with Crippen LogP contribution in [0.2, 0.25) is 0 Å². The highest BCUT2D eigenvalue weighted by atomic mass is 32.1. The Bertz CT molecular complexity index is 684. The topological polar surface area (TPSA) is 58.6 Å². The summed E-state index contributed by atoms with van der Waals surface area (Å²) in [6.07, 6.45) is 0.219. The molecule has 0 aliphatic heterocycles. The van der Waals surface area contributed by atoms with Gasteiger partial charge in [0, 0.05) is 29.3 Å². The van der Waals surface area contributed by atoms with Crippen molar-refractivity contribution in [2.24, 2.45) is 5.92 Å². The third-order valence-corrected chi connectivity index (χ3v) is 4.81.